The van der Waals surface area contributed by atoms with Crippen molar-refractivity contribution < 1.29 is 9.18 Å². The first-order valence-corrected chi connectivity index (χ1v) is 7.16. The molecule has 0 saturated carbocycles. The lowest BCUT2D eigenvalue weighted by Crippen LogP contribution is -2.41. The van der Waals surface area contributed by atoms with Crippen LogP contribution < -0.4 is 10.2 Å². The summed E-state index contributed by atoms with van der Waals surface area (Å²) in [5, 5.41) is 3.27. The number of rotatable bonds is 1. The number of benzene rings is 2. The van der Waals surface area contributed by atoms with Crippen molar-refractivity contribution >= 4 is 17.3 Å². The highest BCUT2D eigenvalue weighted by Gasteiger charge is 2.33. The molecule has 0 aromatic heterocycles. The molecule has 21 heavy (non-hydrogen) atoms. The molecule has 1 unspecified atom stereocenters. The zero-order chi connectivity index (χ0) is 14.4. The molecule has 106 valence electrons. The first kappa shape index (κ1) is 12.4. The van der Waals surface area contributed by atoms with Gasteiger partial charge in [0.05, 0.1) is 0 Å². The Morgan fingerprint density at radius 3 is 2.90 bits per heavy atom. The van der Waals surface area contributed by atoms with Gasteiger partial charge in [0.1, 0.15) is 11.9 Å². The zero-order valence-corrected chi connectivity index (χ0v) is 11.5. The van der Waals surface area contributed by atoms with Gasteiger partial charge in [-0.3, -0.25) is 4.79 Å². The highest BCUT2D eigenvalue weighted by molar-refractivity contribution is 6.01. The van der Waals surface area contributed by atoms with Crippen LogP contribution in [0, 0.1) is 5.82 Å². The Morgan fingerprint density at radius 2 is 2.05 bits per heavy atom. The molecule has 2 aliphatic rings. The van der Waals surface area contributed by atoms with Crippen LogP contribution >= 0.6 is 0 Å². The maximum absolute atomic E-state index is 13.4. The van der Waals surface area contributed by atoms with Gasteiger partial charge in [-0.2, -0.15) is 0 Å². The molecule has 1 amide bonds. The van der Waals surface area contributed by atoms with Crippen LogP contribution in [-0.2, 0) is 17.6 Å². The van der Waals surface area contributed by atoms with Gasteiger partial charge in [0, 0.05) is 24.3 Å². The van der Waals surface area contributed by atoms with E-state index in [9.17, 15) is 9.18 Å². The summed E-state index contributed by atoms with van der Waals surface area (Å²) in [6.45, 7) is 0.631. The molecular formula is C17H15FN2O. The predicted molar refractivity (Wildman–Crippen MR) is 80.0 cm³/mol. The number of carbonyl (C=O) groups is 1. The van der Waals surface area contributed by atoms with Crippen molar-refractivity contribution in [3.05, 3.63) is 59.4 Å². The second-order valence-electron chi connectivity index (χ2n) is 5.57. The van der Waals surface area contributed by atoms with E-state index in [0.717, 1.165) is 28.9 Å². The molecule has 2 aromatic rings. The van der Waals surface area contributed by atoms with E-state index in [1.165, 1.54) is 12.1 Å². The van der Waals surface area contributed by atoms with E-state index in [0.29, 0.717) is 13.0 Å². The van der Waals surface area contributed by atoms with E-state index in [1.807, 2.05) is 24.3 Å². The van der Waals surface area contributed by atoms with Crippen LogP contribution in [0.15, 0.2) is 42.5 Å². The largest absolute Gasteiger partial charge is 0.373 e. The van der Waals surface area contributed by atoms with Crippen molar-refractivity contribution in [3.63, 3.8) is 0 Å². The lowest BCUT2D eigenvalue weighted by Gasteiger charge is -2.21. The molecule has 2 aliphatic heterocycles. The number of halogens is 1. The van der Waals surface area contributed by atoms with Gasteiger partial charge in [-0.25, -0.2) is 4.39 Å². The number of para-hydroxylation sites is 1. The van der Waals surface area contributed by atoms with Crippen molar-refractivity contribution in [1.29, 1.82) is 0 Å². The first-order valence-electron chi connectivity index (χ1n) is 7.16. The Bertz CT molecular complexity index is 703. The maximum atomic E-state index is 13.4. The normalized spacial score (nSPS) is 19.1. The Balaban J connectivity index is 1.60. The molecule has 0 aliphatic carbocycles. The summed E-state index contributed by atoms with van der Waals surface area (Å²) in [5.41, 5.74) is 3.95. The number of anilines is 2. The molecule has 2 heterocycles. The van der Waals surface area contributed by atoms with E-state index < -0.39 is 0 Å². The van der Waals surface area contributed by atoms with Crippen LogP contribution in [0.25, 0.3) is 0 Å². The highest BCUT2D eigenvalue weighted by atomic mass is 19.1. The van der Waals surface area contributed by atoms with E-state index in [2.05, 4.69) is 5.32 Å². The Hall–Kier alpha value is -2.36. The molecule has 3 nitrogen and oxygen atoms in total. The summed E-state index contributed by atoms with van der Waals surface area (Å²) in [6.07, 6.45) is 1.48. The second kappa shape index (κ2) is 4.58. The number of hydrogen-bond acceptors (Lipinski definition) is 2. The third-order valence-corrected chi connectivity index (χ3v) is 4.28. The number of nitrogens with one attached hydrogen (secondary N) is 1. The van der Waals surface area contributed by atoms with Gasteiger partial charge < -0.3 is 10.2 Å². The highest BCUT2D eigenvalue weighted by Crippen LogP contribution is 2.32. The fourth-order valence-corrected chi connectivity index (χ4v) is 3.22. The number of carbonyl (C=O) groups excluding carboxylic acids is 1. The molecule has 0 radical (unpaired) electrons. The van der Waals surface area contributed by atoms with Crippen LogP contribution in [-0.4, -0.2) is 18.5 Å². The van der Waals surface area contributed by atoms with Gasteiger partial charge >= 0.3 is 0 Å². The average Bonchev–Trinajstić information content (AvgIpc) is 3.09. The number of fused-ring (bicyclic) bond motifs is 2. The number of hydrogen-bond donors (Lipinski definition) is 1. The van der Waals surface area contributed by atoms with Gasteiger partial charge in [0.15, 0.2) is 0 Å². The predicted octanol–water partition coefficient (Wildman–Crippen LogP) is 2.75. The van der Waals surface area contributed by atoms with E-state index in [-0.39, 0.29) is 17.8 Å². The second-order valence-corrected chi connectivity index (χ2v) is 5.57. The summed E-state index contributed by atoms with van der Waals surface area (Å²) >= 11 is 0. The molecule has 1 N–H and O–H groups in total. The smallest absolute Gasteiger partial charge is 0.249 e. The lowest BCUT2D eigenvalue weighted by atomic mass is 10.1. The monoisotopic (exact) mass is 282 g/mol. The molecular weight excluding hydrogens is 267 g/mol. The van der Waals surface area contributed by atoms with Gasteiger partial charge in [0.25, 0.3) is 0 Å². The fraction of sp³-hybridized carbons (Fsp3) is 0.235. The molecule has 0 spiro atoms. The van der Waals surface area contributed by atoms with Crippen LogP contribution in [0.5, 0.6) is 0 Å². The zero-order valence-electron chi connectivity index (χ0n) is 11.5. The maximum Gasteiger partial charge on any atom is 0.249 e. The number of amides is 1. The molecule has 0 fully saturated rings. The van der Waals surface area contributed by atoms with Gasteiger partial charge in [0.2, 0.25) is 5.91 Å². The standard InChI is InChI=1S/C17H15FN2O/c18-13-6-5-11-7-8-20(16(11)10-13)17(21)15-9-12-3-1-2-4-14(12)19-15/h1-6,10,15,19H,7-9H2. The van der Waals surface area contributed by atoms with Crippen LogP contribution in [0.2, 0.25) is 0 Å². The average molecular weight is 282 g/mol. The van der Waals surface area contributed by atoms with E-state index in [1.54, 1.807) is 11.0 Å². The number of nitrogens with zero attached hydrogens (tertiary/aromatic N) is 1. The minimum Gasteiger partial charge on any atom is -0.373 e. The summed E-state index contributed by atoms with van der Waals surface area (Å²) in [4.78, 5) is 14.4. The minimum atomic E-state index is -0.295. The van der Waals surface area contributed by atoms with Crippen LogP contribution in [0.1, 0.15) is 11.1 Å². The van der Waals surface area contributed by atoms with E-state index >= 15 is 0 Å². The Labute approximate surface area is 122 Å². The fourth-order valence-electron chi connectivity index (χ4n) is 3.22. The van der Waals surface area contributed by atoms with Crippen molar-refractivity contribution in [2.75, 3.05) is 16.8 Å². The molecule has 4 rings (SSSR count). The van der Waals surface area contributed by atoms with Crippen molar-refractivity contribution in [2.45, 2.75) is 18.9 Å². The molecule has 0 bridgehead atoms. The molecule has 2 aromatic carbocycles. The first-order chi connectivity index (χ1) is 10.2. The quantitative estimate of drug-likeness (QED) is 0.872. The summed E-state index contributed by atoms with van der Waals surface area (Å²) < 4.78 is 13.4. The molecule has 1 atom stereocenters. The third-order valence-electron chi connectivity index (χ3n) is 4.28. The van der Waals surface area contributed by atoms with Crippen molar-refractivity contribution in [3.8, 4) is 0 Å². The topological polar surface area (TPSA) is 32.3 Å². The summed E-state index contributed by atoms with van der Waals surface area (Å²) in [7, 11) is 0. The SMILES string of the molecule is O=C(C1Cc2ccccc2N1)N1CCc2ccc(F)cc21. The van der Waals surface area contributed by atoms with Gasteiger partial charge in [-0.05, 0) is 35.7 Å². The molecule has 0 saturated heterocycles. The summed E-state index contributed by atoms with van der Waals surface area (Å²) in [5.74, 6) is -0.272. The van der Waals surface area contributed by atoms with Crippen molar-refractivity contribution in [2.24, 2.45) is 0 Å². The molecule has 4 heteroatoms. The van der Waals surface area contributed by atoms with E-state index in [4.69, 9.17) is 0 Å². The summed E-state index contributed by atoms with van der Waals surface area (Å²) in [6, 6.07) is 12.4. The van der Waals surface area contributed by atoms with Gasteiger partial charge in [-0.15, -0.1) is 0 Å². The Morgan fingerprint density at radius 1 is 1.19 bits per heavy atom. The van der Waals surface area contributed by atoms with Gasteiger partial charge in [-0.1, -0.05) is 24.3 Å². The van der Waals surface area contributed by atoms with Crippen molar-refractivity contribution in [1.82, 2.24) is 0 Å². The minimum absolute atomic E-state index is 0.0237. The van der Waals surface area contributed by atoms with Crippen LogP contribution in [0.3, 0.4) is 0 Å². The third kappa shape index (κ3) is 1.98. The Kier molecular flexibility index (Phi) is 2.70. The lowest BCUT2D eigenvalue weighted by molar-refractivity contribution is -0.119. The van der Waals surface area contributed by atoms with Crippen LogP contribution in [0.4, 0.5) is 15.8 Å².